The lowest BCUT2D eigenvalue weighted by Crippen LogP contribution is -2.50. The predicted molar refractivity (Wildman–Crippen MR) is 109 cm³/mol. The third-order valence-corrected chi connectivity index (χ3v) is 5.47. The minimum atomic E-state index is -0.684. The zero-order chi connectivity index (χ0) is 22.0. The number of rotatable bonds is 4. The van der Waals surface area contributed by atoms with Crippen LogP contribution in [0.3, 0.4) is 0 Å². The molecule has 9 heteroatoms. The van der Waals surface area contributed by atoms with Crippen LogP contribution in [0.1, 0.15) is 24.2 Å². The number of benzene rings is 1. The third kappa shape index (κ3) is 4.72. The Labute approximate surface area is 179 Å². The first-order chi connectivity index (χ1) is 14.9. The number of halogens is 1. The summed E-state index contributed by atoms with van der Waals surface area (Å²) in [6.07, 6.45) is -0.536. The third-order valence-electron chi connectivity index (χ3n) is 5.47. The van der Waals surface area contributed by atoms with Gasteiger partial charge in [0.2, 0.25) is 0 Å². The molecule has 4 rings (SSSR count). The Bertz CT molecular complexity index is 1000. The van der Waals surface area contributed by atoms with E-state index < -0.39 is 17.9 Å². The number of aromatic nitrogens is 1. The molecule has 1 aromatic heterocycles. The maximum Gasteiger partial charge on any atom is 0.434 e. The van der Waals surface area contributed by atoms with Crippen molar-refractivity contribution in [1.29, 1.82) is 0 Å². The molecule has 3 amide bonds. The van der Waals surface area contributed by atoms with Gasteiger partial charge in [0.05, 0.1) is 5.69 Å². The number of hydrogen-bond donors (Lipinski definition) is 0. The van der Waals surface area contributed by atoms with Crippen LogP contribution in [0, 0.1) is 12.7 Å². The van der Waals surface area contributed by atoms with Gasteiger partial charge in [-0.25, -0.2) is 9.18 Å². The van der Waals surface area contributed by atoms with Crippen molar-refractivity contribution < 1.29 is 23.6 Å². The topological polar surface area (TPSA) is 83.1 Å². The van der Waals surface area contributed by atoms with Crippen LogP contribution < -0.4 is 0 Å². The van der Waals surface area contributed by atoms with Crippen LogP contribution in [0.25, 0.3) is 11.1 Å². The summed E-state index contributed by atoms with van der Waals surface area (Å²) in [5.41, 5.74) is 3.40. The highest BCUT2D eigenvalue weighted by molar-refractivity contribution is 6.01. The molecule has 0 atom stereocenters. The molecule has 31 heavy (non-hydrogen) atoms. The fraction of sp³-hybridized carbons (Fsp3) is 0.364. The summed E-state index contributed by atoms with van der Waals surface area (Å²) in [5, 5.41) is 0.571. The maximum atomic E-state index is 13.5. The Hall–Kier alpha value is -3.33. The molecule has 0 radical (unpaired) electrons. The number of aryl methyl sites for hydroxylation is 1. The van der Waals surface area contributed by atoms with Crippen LogP contribution in [0.2, 0.25) is 0 Å². The summed E-state index contributed by atoms with van der Waals surface area (Å²) >= 11 is 0. The highest BCUT2D eigenvalue weighted by Gasteiger charge is 2.34. The van der Waals surface area contributed by atoms with Crippen molar-refractivity contribution in [2.75, 3.05) is 26.2 Å². The summed E-state index contributed by atoms with van der Waals surface area (Å²) in [4.78, 5) is 48.7. The minimum absolute atomic E-state index is 0.0737. The molecule has 2 fully saturated rings. The van der Waals surface area contributed by atoms with Gasteiger partial charge >= 0.3 is 6.09 Å². The number of pyridine rings is 1. The highest BCUT2D eigenvalue weighted by atomic mass is 19.1. The summed E-state index contributed by atoms with van der Waals surface area (Å²) in [7, 11) is 0. The largest absolute Gasteiger partial charge is 0.434 e. The molecule has 2 saturated heterocycles. The molecule has 0 saturated carbocycles. The molecular formula is C22H23FN4O4. The van der Waals surface area contributed by atoms with Crippen molar-refractivity contribution in [2.45, 2.75) is 26.3 Å². The smallest absolute Gasteiger partial charge is 0.311 e. The van der Waals surface area contributed by atoms with Gasteiger partial charge in [0.1, 0.15) is 5.82 Å². The second-order valence-electron chi connectivity index (χ2n) is 7.65. The van der Waals surface area contributed by atoms with Crippen LogP contribution in [-0.4, -0.2) is 63.9 Å². The molecule has 1 aromatic carbocycles. The molecule has 0 bridgehead atoms. The van der Waals surface area contributed by atoms with Gasteiger partial charge in [0, 0.05) is 56.8 Å². The monoisotopic (exact) mass is 426 g/mol. The zero-order valence-electron chi connectivity index (χ0n) is 17.2. The first-order valence-corrected chi connectivity index (χ1v) is 10.2. The van der Waals surface area contributed by atoms with Gasteiger partial charge in [-0.3, -0.25) is 19.5 Å². The Morgan fingerprint density at radius 3 is 2.42 bits per heavy atom. The lowest BCUT2D eigenvalue weighted by Gasteiger charge is -2.34. The SMILES string of the molecule is Cc1nc(CN2CCN(C(=O)ON3C(=O)CCC3=O)CC2)ccc1-c1cccc(F)c1. The van der Waals surface area contributed by atoms with E-state index in [0.29, 0.717) is 37.8 Å². The first-order valence-electron chi connectivity index (χ1n) is 10.2. The van der Waals surface area contributed by atoms with Gasteiger partial charge in [0.25, 0.3) is 11.8 Å². The standard InChI is InChI=1S/C22H23FN4O4/c1-15-19(16-3-2-4-17(23)13-16)6-5-18(24-15)14-25-9-11-26(12-10-25)22(30)31-27-20(28)7-8-21(27)29/h2-6,13H,7-12,14H2,1H3. The Balaban J connectivity index is 1.32. The van der Waals surface area contributed by atoms with E-state index in [1.165, 1.54) is 17.0 Å². The molecule has 3 heterocycles. The molecular weight excluding hydrogens is 403 g/mol. The molecule has 2 aromatic rings. The van der Waals surface area contributed by atoms with E-state index in [1.54, 1.807) is 6.07 Å². The molecule has 8 nitrogen and oxygen atoms in total. The van der Waals surface area contributed by atoms with Crippen LogP contribution in [0.15, 0.2) is 36.4 Å². The van der Waals surface area contributed by atoms with Gasteiger partial charge < -0.3 is 9.74 Å². The highest BCUT2D eigenvalue weighted by Crippen LogP contribution is 2.23. The molecule has 2 aliphatic rings. The van der Waals surface area contributed by atoms with Gasteiger partial charge in [-0.1, -0.05) is 18.2 Å². The van der Waals surface area contributed by atoms with Gasteiger partial charge in [-0.2, -0.15) is 0 Å². The molecule has 0 unspecified atom stereocenters. The fourth-order valence-electron chi connectivity index (χ4n) is 3.77. The Morgan fingerprint density at radius 2 is 1.77 bits per heavy atom. The van der Waals surface area contributed by atoms with Crippen molar-refractivity contribution in [3.63, 3.8) is 0 Å². The number of hydroxylamine groups is 2. The Kier molecular flexibility index (Phi) is 5.94. The number of piperazine rings is 1. The van der Waals surface area contributed by atoms with Gasteiger partial charge in [-0.05, 0) is 30.7 Å². The van der Waals surface area contributed by atoms with E-state index in [4.69, 9.17) is 4.84 Å². The number of carbonyl (C=O) groups is 3. The van der Waals surface area contributed by atoms with E-state index >= 15 is 0 Å². The molecule has 162 valence electrons. The molecule has 0 N–H and O–H groups in total. The number of carbonyl (C=O) groups excluding carboxylic acids is 3. The summed E-state index contributed by atoms with van der Waals surface area (Å²) in [6, 6.07) is 10.3. The van der Waals surface area contributed by atoms with E-state index in [2.05, 4.69) is 9.88 Å². The van der Waals surface area contributed by atoms with Crippen molar-refractivity contribution in [3.8, 4) is 11.1 Å². The van der Waals surface area contributed by atoms with Crippen LogP contribution in [0.4, 0.5) is 9.18 Å². The fourth-order valence-corrected chi connectivity index (χ4v) is 3.77. The van der Waals surface area contributed by atoms with Crippen molar-refractivity contribution >= 4 is 17.9 Å². The first kappa shape index (κ1) is 20.9. The van der Waals surface area contributed by atoms with Crippen molar-refractivity contribution in [2.24, 2.45) is 0 Å². The Morgan fingerprint density at radius 1 is 1.06 bits per heavy atom. The van der Waals surface area contributed by atoms with E-state index in [9.17, 15) is 18.8 Å². The van der Waals surface area contributed by atoms with Gasteiger partial charge in [0.15, 0.2) is 0 Å². The van der Waals surface area contributed by atoms with Crippen LogP contribution in [-0.2, 0) is 21.0 Å². The van der Waals surface area contributed by atoms with E-state index in [-0.39, 0.29) is 18.7 Å². The van der Waals surface area contributed by atoms with Gasteiger partial charge in [-0.15, -0.1) is 5.06 Å². The number of imide groups is 1. The lowest BCUT2D eigenvalue weighted by atomic mass is 10.0. The predicted octanol–water partition coefficient (Wildman–Crippen LogP) is 2.51. The van der Waals surface area contributed by atoms with E-state index in [0.717, 1.165) is 22.5 Å². The summed E-state index contributed by atoms with van der Waals surface area (Å²) in [6.45, 7) is 4.60. The quantitative estimate of drug-likeness (QED) is 0.699. The molecule has 0 aliphatic carbocycles. The van der Waals surface area contributed by atoms with Crippen LogP contribution >= 0.6 is 0 Å². The summed E-state index contributed by atoms with van der Waals surface area (Å²) in [5.74, 6) is -1.25. The minimum Gasteiger partial charge on any atom is -0.311 e. The second kappa shape index (κ2) is 8.81. The maximum absolute atomic E-state index is 13.5. The molecule has 0 spiro atoms. The normalized spacial score (nSPS) is 17.4. The average Bonchev–Trinajstić information content (AvgIpc) is 3.06. The number of nitrogens with zero attached hydrogens (tertiary/aromatic N) is 4. The lowest BCUT2D eigenvalue weighted by molar-refractivity contribution is -0.174. The van der Waals surface area contributed by atoms with Crippen molar-refractivity contribution in [3.05, 3.63) is 53.6 Å². The van der Waals surface area contributed by atoms with Crippen LogP contribution in [0.5, 0.6) is 0 Å². The van der Waals surface area contributed by atoms with Crippen molar-refractivity contribution in [1.82, 2.24) is 19.8 Å². The zero-order valence-corrected chi connectivity index (χ0v) is 17.2. The number of hydrogen-bond acceptors (Lipinski definition) is 6. The number of amides is 3. The summed E-state index contributed by atoms with van der Waals surface area (Å²) < 4.78 is 13.5. The second-order valence-corrected chi connectivity index (χ2v) is 7.65. The average molecular weight is 426 g/mol. The van der Waals surface area contributed by atoms with E-state index in [1.807, 2.05) is 25.1 Å². The molecule has 2 aliphatic heterocycles.